The molecule has 0 saturated carbocycles. The van der Waals surface area contributed by atoms with Crippen molar-refractivity contribution >= 4 is 29.2 Å². The van der Waals surface area contributed by atoms with Gasteiger partial charge in [-0.05, 0) is 55.3 Å². The number of hydrogen-bond acceptors (Lipinski definition) is 3. The molecule has 0 fully saturated rings. The Kier molecular flexibility index (Phi) is 7.18. The number of carbonyl (C=O) groups excluding carboxylic acids is 1. The zero-order chi connectivity index (χ0) is 21.3. The predicted octanol–water partition coefficient (Wildman–Crippen LogP) is 4.10. The van der Waals surface area contributed by atoms with Crippen molar-refractivity contribution in [3.05, 3.63) is 64.9 Å². The number of aromatic amines is 1. The van der Waals surface area contributed by atoms with Gasteiger partial charge in [-0.1, -0.05) is 6.92 Å². The first-order valence-corrected chi connectivity index (χ1v) is 10.2. The number of nitrogens with zero attached hydrogens (tertiary/aromatic N) is 1. The zero-order valence-electron chi connectivity index (χ0n) is 17.5. The van der Waals surface area contributed by atoms with Crippen LogP contribution in [0.25, 0.3) is 10.9 Å². The molecule has 1 aliphatic heterocycles. The van der Waals surface area contributed by atoms with Crippen LogP contribution in [0.2, 0.25) is 0 Å². The molecule has 0 bridgehead atoms. The average Bonchev–Trinajstić information content (AvgIpc) is 3.16. The number of hydrogen-bond donors (Lipinski definition) is 2. The van der Waals surface area contributed by atoms with Crippen molar-refractivity contribution in [3.8, 4) is 5.75 Å². The lowest BCUT2D eigenvalue weighted by molar-refractivity contribution is 0.0952. The van der Waals surface area contributed by atoms with Gasteiger partial charge in [-0.25, -0.2) is 8.78 Å². The van der Waals surface area contributed by atoms with Crippen molar-refractivity contribution in [1.82, 2.24) is 15.2 Å². The van der Waals surface area contributed by atoms with E-state index >= 15 is 0 Å². The second-order valence-electron chi connectivity index (χ2n) is 7.53. The Morgan fingerprint density at radius 2 is 2.10 bits per heavy atom. The zero-order valence-corrected chi connectivity index (χ0v) is 18.3. The van der Waals surface area contributed by atoms with Gasteiger partial charge in [0.15, 0.2) is 11.6 Å². The van der Waals surface area contributed by atoms with Gasteiger partial charge in [-0.3, -0.25) is 9.69 Å². The molecule has 2 heterocycles. The number of halogens is 3. The fraction of sp³-hybridized carbons (Fsp3) is 0.348. The smallest absolute Gasteiger partial charge is 0.251 e. The molecular weight excluding hydrogens is 424 g/mol. The van der Waals surface area contributed by atoms with Crippen LogP contribution in [0.1, 0.15) is 28.4 Å². The van der Waals surface area contributed by atoms with Crippen molar-refractivity contribution in [3.63, 3.8) is 0 Å². The third kappa shape index (κ3) is 4.52. The minimum absolute atomic E-state index is 0. The van der Waals surface area contributed by atoms with Gasteiger partial charge in [0.05, 0.1) is 0 Å². The van der Waals surface area contributed by atoms with Gasteiger partial charge in [-0.2, -0.15) is 0 Å². The van der Waals surface area contributed by atoms with Crippen LogP contribution in [0.5, 0.6) is 5.75 Å². The molecule has 0 saturated heterocycles. The fourth-order valence-corrected chi connectivity index (χ4v) is 4.23. The molecule has 0 radical (unpaired) electrons. The number of H-pyrrole nitrogens is 1. The van der Waals surface area contributed by atoms with Gasteiger partial charge in [0.25, 0.3) is 5.91 Å². The monoisotopic (exact) mass is 449 g/mol. The van der Waals surface area contributed by atoms with E-state index in [1.807, 2.05) is 6.20 Å². The molecule has 166 valence electrons. The summed E-state index contributed by atoms with van der Waals surface area (Å²) in [6, 6.07) is 7.55. The van der Waals surface area contributed by atoms with Crippen molar-refractivity contribution in [2.24, 2.45) is 0 Å². The van der Waals surface area contributed by atoms with E-state index in [2.05, 4.69) is 22.1 Å². The van der Waals surface area contributed by atoms with Crippen molar-refractivity contribution in [1.29, 1.82) is 0 Å². The molecule has 4 rings (SSSR count). The number of nitrogens with one attached hydrogen (secondary N) is 2. The highest BCUT2D eigenvalue weighted by molar-refractivity contribution is 5.96. The fourth-order valence-electron chi connectivity index (χ4n) is 4.23. The van der Waals surface area contributed by atoms with Crippen LogP contribution in [0.15, 0.2) is 36.5 Å². The number of likely N-dealkylation sites (N-methyl/N-ethyl adjacent to an activating group) is 1. The van der Waals surface area contributed by atoms with E-state index in [0.717, 1.165) is 36.0 Å². The molecule has 1 amide bonds. The molecule has 0 spiro atoms. The minimum Gasteiger partial charge on any atom is -0.489 e. The Morgan fingerprint density at radius 1 is 1.29 bits per heavy atom. The largest absolute Gasteiger partial charge is 0.489 e. The molecule has 8 heteroatoms. The Hall–Kier alpha value is -2.64. The van der Waals surface area contributed by atoms with Crippen LogP contribution in [-0.4, -0.2) is 48.6 Å². The van der Waals surface area contributed by atoms with Gasteiger partial charge >= 0.3 is 0 Å². The maximum Gasteiger partial charge on any atom is 0.251 e. The summed E-state index contributed by atoms with van der Waals surface area (Å²) in [5.41, 5.74) is 3.02. The van der Waals surface area contributed by atoms with Crippen LogP contribution in [0.4, 0.5) is 8.78 Å². The molecule has 1 aromatic heterocycles. The number of amides is 1. The molecule has 1 unspecified atom stereocenters. The van der Waals surface area contributed by atoms with Gasteiger partial charge < -0.3 is 15.0 Å². The van der Waals surface area contributed by atoms with Crippen LogP contribution in [0.3, 0.4) is 0 Å². The second kappa shape index (κ2) is 9.66. The molecule has 1 aliphatic rings. The van der Waals surface area contributed by atoms with Gasteiger partial charge in [0.1, 0.15) is 12.4 Å². The van der Waals surface area contributed by atoms with Crippen molar-refractivity contribution in [2.75, 3.05) is 26.7 Å². The molecule has 2 aromatic carbocycles. The molecule has 5 nitrogen and oxygen atoms in total. The first-order chi connectivity index (χ1) is 14.5. The highest BCUT2D eigenvalue weighted by atomic mass is 35.5. The summed E-state index contributed by atoms with van der Waals surface area (Å²) in [6.45, 7) is 3.95. The first kappa shape index (κ1) is 23.0. The van der Waals surface area contributed by atoms with E-state index in [-0.39, 0.29) is 35.9 Å². The summed E-state index contributed by atoms with van der Waals surface area (Å²) < 4.78 is 33.6. The molecule has 3 aromatic rings. The summed E-state index contributed by atoms with van der Waals surface area (Å²) in [7, 11) is 1.56. The molecule has 0 aliphatic carbocycles. The van der Waals surface area contributed by atoms with E-state index < -0.39 is 5.82 Å². The number of fused-ring (bicyclic) bond motifs is 2. The van der Waals surface area contributed by atoms with Gasteiger partial charge in [0, 0.05) is 47.9 Å². The van der Waals surface area contributed by atoms with E-state index in [1.165, 1.54) is 18.2 Å². The first-order valence-electron chi connectivity index (χ1n) is 10.2. The predicted molar refractivity (Wildman–Crippen MR) is 119 cm³/mol. The van der Waals surface area contributed by atoms with Gasteiger partial charge in [0.2, 0.25) is 0 Å². The van der Waals surface area contributed by atoms with E-state index in [9.17, 15) is 13.6 Å². The lowest BCUT2D eigenvalue weighted by atomic mass is 9.95. The van der Waals surface area contributed by atoms with Gasteiger partial charge in [-0.15, -0.1) is 12.4 Å². The number of carbonyl (C=O) groups is 1. The number of aromatic nitrogens is 1. The number of rotatable bonds is 6. The maximum atomic E-state index is 14.2. The number of ether oxygens (including phenoxy) is 1. The Bertz CT molecular complexity index is 1090. The normalized spacial score (nSPS) is 15.3. The SMILES string of the molecule is CCN(CCc1c[nH]c2ccc(F)cc12)C1COc2c(F)ccc(C(=O)NC)c2C1.Cl. The van der Waals surface area contributed by atoms with Crippen LogP contribution >= 0.6 is 12.4 Å². The highest BCUT2D eigenvalue weighted by Gasteiger charge is 2.30. The summed E-state index contributed by atoms with van der Waals surface area (Å²) in [4.78, 5) is 17.7. The summed E-state index contributed by atoms with van der Waals surface area (Å²) >= 11 is 0. The third-order valence-electron chi connectivity index (χ3n) is 5.86. The average molecular weight is 450 g/mol. The minimum atomic E-state index is -0.444. The maximum absolute atomic E-state index is 14.2. The third-order valence-corrected chi connectivity index (χ3v) is 5.86. The van der Waals surface area contributed by atoms with Crippen LogP contribution < -0.4 is 10.1 Å². The highest BCUT2D eigenvalue weighted by Crippen LogP contribution is 2.32. The van der Waals surface area contributed by atoms with Crippen molar-refractivity contribution in [2.45, 2.75) is 25.8 Å². The lowest BCUT2D eigenvalue weighted by Crippen LogP contribution is -2.44. The summed E-state index contributed by atoms with van der Waals surface area (Å²) in [6.07, 6.45) is 3.20. The van der Waals surface area contributed by atoms with E-state index in [0.29, 0.717) is 24.2 Å². The Labute approximate surface area is 186 Å². The van der Waals surface area contributed by atoms with Crippen LogP contribution in [-0.2, 0) is 12.8 Å². The molecule has 31 heavy (non-hydrogen) atoms. The van der Waals surface area contributed by atoms with Crippen molar-refractivity contribution < 1.29 is 18.3 Å². The molecular formula is C23H26ClF2N3O2. The van der Waals surface area contributed by atoms with E-state index in [4.69, 9.17) is 4.74 Å². The lowest BCUT2D eigenvalue weighted by Gasteiger charge is -2.35. The van der Waals surface area contributed by atoms with E-state index in [1.54, 1.807) is 19.2 Å². The Morgan fingerprint density at radius 3 is 2.84 bits per heavy atom. The topological polar surface area (TPSA) is 57.4 Å². The number of benzene rings is 2. The molecule has 1 atom stereocenters. The standard InChI is InChI=1S/C23H25F2N3O2.ClH/c1-3-28(9-8-14-12-27-21-7-4-15(24)10-18(14)21)16-11-19-17(23(29)26-2)5-6-20(25)22(19)30-13-16;/h4-7,10,12,16,27H,3,8-9,11,13H2,1-2H3,(H,26,29);1H. The molecule has 2 N–H and O–H groups in total. The summed E-state index contributed by atoms with van der Waals surface area (Å²) in [5.74, 6) is -0.772. The van der Waals surface area contributed by atoms with Crippen LogP contribution in [0, 0.1) is 11.6 Å². The summed E-state index contributed by atoms with van der Waals surface area (Å²) in [5, 5.41) is 3.50. The Balaban J connectivity index is 0.00000272. The quantitative estimate of drug-likeness (QED) is 0.595. The second-order valence-corrected chi connectivity index (χ2v) is 7.53.